The number of aryl methyl sites for hydroxylation is 1. The molecule has 0 saturated carbocycles. The highest BCUT2D eigenvalue weighted by atomic mass is 32.1. The molecule has 0 radical (unpaired) electrons. The second-order valence-electron chi connectivity index (χ2n) is 3.23. The number of amides is 1. The largest absolute Gasteiger partial charge is 0.382 e. The Morgan fingerprint density at radius 3 is 3.07 bits per heavy atom. The van der Waals surface area contributed by atoms with Gasteiger partial charge in [-0.2, -0.15) is 0 Å². The summed E-state index contributed by atoms with van der Waals surface area (Å²) >= 11 is 1.61. The lowest BCUT2D eigenvalue weighted by molar-refractivity contribution is -0.125. The van der Waals surface area contributed by atoms with E-state index in [-0.39, 0.29) is 6.54 Å². The normalized spacial score (nSPS) is 12.7. The molecule has 5 nitrogen and oxygen atoms in total. The molecule has 1 aromatic rings. The second-order valence-corrected chi connectivity index (χ2v) is 4.17. The molecule has 0 saturated heterocycles. The molecule has 1 rings (SSSR count). The number of aliphatic hydroxyl groups is 1. The number of rotatable bonds is 6. The van der Waals surface area contributed by atoms with Gasteiger partial charge in [-0.15, -0.1) is 11.3 Å². The summed E-state index contributed by atoms with van der Waals surface area (Å²) in [5.74, 6) is -0.698. The number of nitrogens with zero attached hydrogens (tertiary/aromatic N) is 1. The number of carbonyl (C=O) groups excluding carboxylic acids is 1. The molecule has 1 aromatic heterocycles. The second kappa shape index (κ2) is 5.79. The number of hydrogen-bond acceptors (Lipinski definition) is 5. The minimum atomic E-state index is -1.10. The number of thiazole rings is 1. The number of aromatic nitrogens is 1. The number of primary amides is 1. The zero-order valence-electron chi connectivity index (χ0n) is 8.56. The minimum absolute atomic E-state index is 0.202. The van der Waals surface area contributed by atoms with E-state index in [9.17, 15) is 4.79 Å². The van der Waals surface area contributed by atoms with Gasteiger partial charge in [0.05, 0.1) is 11.2 Å². The van der Waals surface area contributed by atoms with Gasteiger partial charge >= 0.3 is 0 Å². The van der Waals surface area contributed by atoms with Crippen LogP contribution in [0.5, 0.6) is 0 Å². The molecule has 4 N–H and O–H groups in total. The van der Waals surface area contributed by atoms with Crippen molar-refractivity contribution in [3.8, 4) is 0 Å². The van der Waals surface area contributed by atoms with Crippen LogP contribution >= 0.6 is 11.3 Å². The Morgan fingerprint density at radius 2 is 2.53 bits per heavy atom. The molecule has 1 atom stereocenters. The molecule has 0 fully saturated rings. The van der Waals surface area contributed by atoms with Gasteiger partial charge in [0.15, 0.2) is 0 Å². The lowest BCUT2D eigenvalue weighted by Crippen LogP contribution is -2.38. The number of carbonyl (C=O) groups is 1. The van der Waals surface area contributed by atoms with Gasteiger partial charge in [-0.1, -0.05) is 0 Å². The first kappa shape index (κ1) is 12.1. The maximum Gasteiger partial charge on any atom is 0.247 e. The van der Waals surface area contributed by atoms with Crippen molar-refractivity contribution in [2.75, 3.05) is 13.1 Å². The van der Waals surface area contributed by atoms with E-state index in [0.29, 0.717) is 6.54 Å². The van der Waals surface area contributed by atoms with Crippen LogP contribution in [0, 0.1) is 6.92 Å². The summed E-state index contributed by atoms with van der Waals surface area (Å²) in [6, 6.07) is 0. The van der Waals surface area contributed by atoms with Crippen LogP contribution in [0.4, 0.5) is 0 Å². The van der Waals surface area contributed by atoms with E-state index in [2.05, 4.69) is 10.3 Å². The average molecular weight is 229 g/mol. The summed E-state index contributed by atoms with van der Waals surface area (Å²) in [6.45, 7) is 2.87. The van der Waals surface area contributed by atoms with Crippen molar-refractivity contribution in [1.29, 1.82) is 0 Å². The summed E-state index contributed by atoms with van der Waals surface area (Å²) in [7, 11) is 0. The Balaban J connectivity index is 2.17. The third-order valence-electron chi connectivity index (χ3n) is 2.04. The molecule has 1 heterocycles. The zero-order valence-corrected chi connectivity index (χ0v) is 9.38. The van der Waals surface area contributed by atoms with E-state index in [4.69, 9.17) is 10.8 Å². The third-order valence-corrected chi connectivity index (χ3v) is 3.03. The quantitative estimate of drug-likeness (QED) is 0.570. The molecule has 0 aliphatic rings. The van der Waals surface area contributed by atoms with Gasteiger partial charge in [0.2, 0.25) is 5.91 Å². The van der Waals surface area contributed by atoms with E-state index < -0.39 is 12.0 Å². The van der Waals surface area contributed by atoms with Crippen LogP contribution in [0.2, 0.25) is 0 Å². The Hall–Kier alpha value is -0.980. The van der Waals surface area contributed by atoms with E-state index in [0.717, 1.165) is 12.1 Å². The van der Waals surface area contributed by atoms with Crippen LogP contribution in [0.3, 0.4) is 0 Å². The molecule has 1 unspecified atom stereocenters. The highest BCUT2D eigenvalue weighted by Gasteiger charge is 2.09. The van der Waals surface area contributed by atoms with Crippen LogP contribution < -0.4 is 11.1 Å². The monoisotopic (exact) mass is 229 g/mol. The van der Waals surface area contributed by atoms with E-state index in [1.807, 2.05) is 12.4 Å². The van der Waals surface area contributed by atoms with Gasteiger partial charge in [0.1, 0.15) is 6.10 Å². The van der Waals surface area contributed by atoms with Crippen molar-refractivity contribution in [3.63, 3.8) is 0 Å². The molecular formula is C9H15N3O2S. The molecule has 84 valence electrons. The Bertz CT molecular complexity index is 327. The molecule has 0 bridgehead atoms. The fourth-order valence-corrected chi connectivity index (χ4v) is 1.89. The van der Waals surface area contributed by atoms with Gasteiger partial charge < -0.3 is 16.2 Å². The van der Waals surface area contributed by atoms with E-state index >= 15 is 0 Å². The summed E-state index contributed by atoms with van der Waals surface area (Å²) < 4.78 is 0. The lowest BCUT2D eigenvalue weighted by Gasteiger charge is -2.07. The molecule has 0 aliphatic carbocycles. The molecule has 0 spiro atoms. The van der Waals surface area contributed by atoms with Crippen LogP contribution in [0.1, 0.15) is 10.6 Å². The minimum Gasteiger partial charge on any atom is -0.382 e. The first-order valence-electron chi connectivity index (χ1n) is 4.68. The maximum absolute atomic E-state index is 10.5. The van der Waals surface area contributed by atoms with Crippen molar-refractivity contribution in [2.24, 2.45) is 5.73 Å². The SMILES string of the molecule is Cc1ncsc1CCNCC(O)C(N)=O. The Kier molecular flexibility index (Phi) is 4.67. The number of aliphatic hydroxyl groups excluding tert-OH is 1. The zero-order chi connectivity index (χ0) is 11.3. The number of nitrogens with two attached hydrogens (primary N) is 1. The van der Waals surface area contributed by atoms with Crippen molar-refractivity contribution in [1.82, 2.24) is 10.3 Å². The van der Waals surface area contributed by atoms with Gasteiger partial charge in [0, 0.05) is 18.0 Å². The fourth-order valence-electron chi connectivity index (χ4n) is 1.11. The van der Waals surface area contributed by atoms with Crippen LogP contribution in [-0.2, 0) is 11.2 Å². The van der Waals surface area contributed by atoms with Crippen LogP contribution in [-0.4, -0.2) is 35.2 Å². The summed E-state index contributed by atoms with van der Waals surface area (Å²) in [6.07, 6.45) is -0.255. The predicted octanol–water partition coefficient (Wildman–Crippen LogP) is -0.570. The molecule has 15 heavy (non-hydrogen) atoms. The lowest BCUT2D eigenvalue weighted by atomic mass is 10.3. The molecule has 0 aromatic carbocycles. The van der Waals surface area contributed by atoms with E-state index in [1.54, 1.807) is 11.3 Å². The molecular weight excluding hydrogens is 214 g/mol. The number of hydrogen-bond donors (Lipinski definition) is 3. The van der Waals surface area contributed by atoms with Crippen molar-refractivity contribution in [2.45, 2.75) is 19.4 Å². The Labute approximate surface area is 92.3 Å². The van der Waals surface area contributed by atoms with Crippen LogP contribution in [0.15, 0.2) is 5.51 Å². The molecule has 1 amide bonds. The highest BCUT2D eigenvalue weighted by Crippen LogP contribution is 2.11. The Morgan fingerprint density at radius 1 is 1.80 bits per heavy atom. The maximum atomic E-state index is 10.5. The third kappa shape index (κ3) is 3.94. The van der Waals surface area contributed by atoms with Gasteiger partial charge in [-0.25, -0.2) is 4.98 Å². The van der Waals surface area contributed by atoms with Crippen molar-refractivity contribution >= 4 is 17.2 Å². The van der Waals surface area contributed by atoms with Gasteiger partial charge in [-0.3, -0.25) is 4.79 Å². The summed E-state index contributed by atoms with van der Waals surface area (Å²) in [5.41, 5.74) is 7.75. The van der Waals surface area contributed by atoms with Crippen LogP contribution in [0.25, 0.3) is 0 Å². The first-order chi connectivity index (χ1) is 7.11. The number of nitrogens with one attached hydrogen (secondary N) is 1. The van der Waals surface area contributed by atoms with Crippen molar-refractivity contribution in [3.05, 3.63) is 16.1 Å². The standard InChI is InChI=1S/C9H15N3O2S/c1-6-8(15-5-12-6)2-3-11-4-7(13)9(10)14/h5,7,11,13H,2-4H2,1H3,(H2,10,14). The fraction of sp³-hybridized carbons (Fsp3) is 0.556. The van der Waals surface area contributed by atoms with Gasteiger partial charge in [0.25, 0.3) is 0 Å². The van der Waals surface area contributed by atoms with Crippen molar-refractivity contribution < 1.29 is 9.90 Å². The molecule has 0 aliphatic heterocycles. The van der Waals surface area contributed by atoms with E-state index in [1.165, 1.54) is 4.88 Å². The highest BCUT2D eigenvalue weighted by molar-refractivity contribution is 7.09. The predicted molar refractivity (Wildman–Crippen MR) is 58.6 cm³/mol. The molecule has 6 heteroatoms. The van der Waals surface area contributed by atoms with Gasteiger partial charge in [-0.05, 0) is 13.3 Å². The average Bonchev–Trinajstić information content (AvgIpc) is 2.58. The summed E-state index contributed by atoms with van der Waals surface area (Å²) in [4.78, 5) is 15.8. The smallest absolute Gasteiger partial charge is 0.247 e. The summed E-state index contributed by atoms with van der Waals surface area (Å²) in [5, 5.41) is 12.1. The first-order valence-corrected chi connectivity index (χ1v) is 5.56. The topological polar surface area (TPSA) is 88.2 Å².